The summed E-state index contributed by atoms with van der Waals surface area (Å²) < 4.78 is 5.98. The molecule has 0 aliphatic heterocycles. The van der Waals surface area contributed by atoms with Crippen LogP contribution in [0, 0.1) is 0 Å². The van der Waals surface area contributed by atoms with Crippen molar-refractivity contribution in [3.63, 3.8) is 0 Å². The van der Waals surface area contributed by atoms with E-state index in [1.165, 1.54) is 0 Å². The molecule has 0 bridgehead atoms. The van der Waals surface area contributed by atoms with Gasteiger partial charge in [-0.2, -0.15) is 0 Å². The second-order valence-electron chi connectivity index (χ2n) is 6.12. The molecule has 2 nitrogen and oxygen atoms in total. The van der Waals surface area contributed by atoms with Crippen LogP contribution in [0.5, 0.6) is 11.5 Å². The fraction of sp³-hybridized carbons (Fsp3) is 0. The first-order valence-corrected chi connectivity index (χ1v) is 9.11. The summed E-state index contributed by atoms with van der Waals surface area (Å²) in [5.74, 6) is 1.62. The number of hydrogen-bond acceptors (Lipinski definition) is 2. The van der Waals surface area contributed by atoms with Crippen LogP contribution in [0.2, 0.25) is 5.02 Å². The van der Waals surface area contributed by atoms with Crippen LogP contribution in [0.15, 0.2) is 103 Å². The zero-order valence-corrected chi connectivity index (χ0v) is 15.4. The van der Waals surface area contributed by atoms with E-state index in [-0.39, 0.29) is 0 Å². The molecular formula is C24H18ClNO. The molecule has 0 heterocycles. The van der Waals surface area contributed by atoms with Crippen LogP contribution in [-0.2, 0) is 0 Å². The lowest BCUT2D eigenvalue weighted by molar-refractivity contribution is 0.483. The fourth-order valence-corrected chi connectivity index (χ4v) is 3.11. The minimum atomic E-state index is 0.704. The zero-order chi connectivity index (χ0) is 18.5. The summed E-state index contributed by atoms with van der Waals surface area (Å²) in [5, 5.41) is 4.16. The Morgan fingerprint density at radius 3 is 2.22 bits per heavy atom. The van der Waals surface area contributed by atoms with Gasteiger partial charge in [-0.3, -0.25) is 0 Å². The van der Waals surface area contributed by atoms with E-state index in [1.807, 2.05) is 84.9 Å². The lowest BCUT2D eigenvalue weighted by atomic mass is 10.0. The molecule has 0 aromatic heterocycles. The molecule has 4 aromatic carbocycles. The molecule has 0 aliphatic rings. The van der Waals surface area contributed by atoms with Gasteiger partial charge in [-0.1, -0.05) is 66.2 Å². The number of anilines is 2. The Hall–Kier alpha value is -3.23. The second-order valence-corrected chi connectivity index (χ2v) is 6.56. The summed E-state index contributed by atoms with van der Waals surface area (Å²) >= 11 is 6.11. The molecule has 0 spiro atoms. The third kappa shape index (κ3) is 4.30. The van der Waals surface area contributed by atoms with Crippen LogP contribution in [0.1, 0.15) is 0 Å². The van der Waals surface area contributed by atoms with Crippen LogP contribution in [0.3, 0.4) is 0 Å². The number of para-hydroxylation sites is 2. The minimum absolute atomic E-state index is 0.704. The van der Waals surface area contributed by atoms with E-state index in [0.717, 1.165) is 34.0 Å². The number of rotatable bonds is 5. The van der Waals surface area contributed by atoms with Gasteiger partial charge in [-0.25, -0.2) is 0 Å². The van der Waals surface area contributed by atoms with Crippen molar-refractivity contribution in [1.29, 1.82) is 0 Å². The van der Waals surface area contributed by atoms with Gasteiger partial charge >= 0.3 is 0 Å². The third-order valence-corrected chi connectivity index (χ3v) is 4.39. The van der Waals surface area contributed by atoms with Gasteiger partial charge < -0.3 is 10.1 Å². The standard InChI is InChI=1S/C24H18ClNO/c25-19-9-7-10-20(17-19)26-24-15-5-4-14-23(24)18-8-6-13-22(16-18)27-21-11-2-1-3-12-21/h1-17,26H. The van der Waals surface area contributed by atoms with Gasteiger partial charge in [0.25, 0.3) is 0 Å². The van der Waals surface area contributed by atoms with Crippen LogP contribution in [0.25, 0.3) is 11.1 Å². The Bertz CT molecular complexity index is 1050. The van der Waals surface area contributed by atoms with Crippen LogP contribution in [0.4, 0.5) is 11.4 Å². The van der Waals surface area contributed by atoms with Crippen LogP contribution in [-0.4, -0.2) is 0 Å². The fourth-order valence-electron chi connectivity index (χ4n) is 2.92. The minimum Gasteiger partial charge on any atom is -0.457 e. The van der Waals surface area contributed by atoms with Gasteiger partial charge in [0.05, 0.1) is 0 Å². The smallest absolute Gasteiger partial charge is 0.128 e. The lowest BCUT2D eigenvalue weighted by Gasteiger charge is -2.14. The molecule has 27 heavy (non-hydrogen) atoms. The molecule has 3 heteroatoms. The Kier molecular flexibility index (Phi) is 5.08. The van der Waals surface area contributed by atoms with Crippen molar-refractivity contribution in [3.05, 3.63) is 108 Å². The number of halogens is 1. The molecule has 0 amide bonds. The molecule has 0 radical (unpaired) electrons. The predicted octanol–water partition coefficient (Wildman–Crippen LogP) is 7.54. The van der Waals surface area contributed by atoms with Gasteiger partial charge in [0, 0.05) is 22.0 Å². The molecule has 4 rings (SSSR count). The molecule has 0 atom stereocenters. The molecule has 1 N–H and O–H groups in total. The van der Waals surface area contributed by atoms with Crippen LogP contribution >= 0.6 is 11.6 Å². The first-order chi connectivity index (χ1) is 13.3. The van der Waals surface area contributed by atoms with E-state index in [4.69, 9.17) is 16.3 Å². The second kappa shape index (κ2) is 7.98. The van der Waals surface area contributed by atoms with Crippen molar-refractivity contribution in [2.24, 2.45) is 0 Å². The molecular weight excluding hydrogens is 354 g/mol. The van der Waals surface area contributed by atoms with Gasteiger partial charge in [-0.05, 0) is 54.1 Å². The average Bonchev–Trinajstić information content (AvgIpc) is 2.69. The summed E-state index contributed by atoms with van der Waals surface area (Å²) in [4.78, 5) is 0. The Balaban J connectivity index is 1.65. The van der Waals surface area contributed by atoms with E-state index >= 15 is 0 Å². The topological polar surface area (TPSA) is 21.3 Å². The Labute approximate surface area is 164 Å². The Morgan fingerprint density at radius 1 is 0.630 bits per heavy atom. The molecule has 0 unspecified atom stereocenters. The highest BCUT2D eigenvalue weighted by molar-refractivity contribution is 6.30. The largest absolute Gasteiger partial charge is 0.457 e. The SMILES string of the molecule is Clc1cccc(Nc2ccccc2-c2cccc(Oc3ccccc3)c2)c1. The summed E-state index contributed by atoms with van der Waals surface area (Å²) in [6.45, 7) is 0. The molecule has 0 saturated heterocycles. The summed E-state index contributed by atoms with van der Waals surface area (Å²) in [6, 6.07) is 33.8. The van der Waals surface area contributed by atoms with Crippen molar-refractivity contribution in [1.82, 2.24) is 0 Å². The maximum atomic E-state index is 6.11. The van der Waals surface area contributed by atoms with Gasteiger partial charge in [0.1, 0.15) is 11.5 Å². The third-order valence-electron chi connectivity index (χ3n) is 4.15. The highest BCUT2D eigenvalue weighted by Gasteiger charge is 2.07. The van der Waals surface area contributed by atoms with Gasteiger partial charge in [-0.15, -0.1) is 0 Å². The number of ether oxygens (including phenoxy) is 1. The van der Waals surface area contributed by atoms with E-state index in [2.05, 4.69) is 23.5 Å². The maximum absolute atomic E-state index is 6.11. The predicted molar refractivity (Wildman–Crippen MR) is 113 cm³/mol. The zero-order valence-electron chi connectivity index (χ0n) is 14.6. The van der Waals surface area contributed by atoms with Crippen LogP contribution < -0.4 is 10.1 Å². The van der Waals surface area contributed by atoms with E-state index in [0.29, 0.717) is 5.02 Å². The van der Waals surface area contributed by atoms with Crippen molar-refractivity contribution in [2.75, 3.05) is 5.32 Å². The van der Waals surface area contributed by atoms with Gasteiger partial charge in [0.15, 0.2) is 0 Å². The molecule has 132 valence electrons. The molecule has 0 saturated carbocycles. The number of nitrogens with one attached hydrogen (secondary N) is 1. The quantitative estimate of drug-likeness (QED) is 0.391. The Morgan fingerprint density at radius 2 is 1.37 bits per heavy atom. The average molecular weight is 372 g/mol. The maximum Gasteiger partial charge on any atom is 0.128 e. The van der Waals surface area contributed by atoms with Crippen molar-refractivity contribution in [3.8, 4) is 22.6 Å². The first kappa shape index (κ1) is 17.2. The summed E-state index contributed by atoms with van der Waals surface area (Å²) in [5.41, 5.74) is 4.13. The highest BCUT2D eigenvalue weighted by Crippen LogP contribution is 2.33. The van der Waals surface area contributed by atoms with Crippen molar-refractivity contribution in [2.45, 2.75) is 0 Å². The van der Waals surface area contributed by atoms with E-state index in [9.17, 15) is 0 Å². The molecule has 0 fully saturated rings. The normalized spacial score (nSPS) is 10.4. The lowest BCUT2D eigenvalue weighted by Crippen LogP contribution is -1.93. The summed E-state index contributed by atoms with van der Waals surface area (Å²) in [6.07, 6.45) is 0. The molecule has 4 aromatic rings. The highest BCUT2D eigenvalue weighted by atomic mass is 35.5. The summed E-state index contributed by atoms with van der Waals surface area (Å²) in [7, 11) is 0. The van der Waals surface area contributed by atoms with Crippen molar-refractivity contribution < 1.29 is 4.74 Å². The van der Waals surface area contributed by atoms with Gasteiger partial charge in [0.2, 0.25) is 0 Å². The van der Waals surface area contributed by atoms with E-state index in [1.54, 1.807) is 0 Å². The first-order valence-electron chi connectivity index (χ1n) is 8.73. The number of hydrogen-bond donors (Lipinski definition) is 1. The number of benzene rings is 4. The molecule has 0 aliphatic carbocycles. The van der Waals surface area contributed by atoms with E-state index < -0.39 is 0 Å². The monoisotopic (exact) mass is 371 g/mol. The van der Waals surface area contributed by atoms with Crippen molar-refractivity contribution >= 4 is 23.0 Å².